The summed E-state index contributed by atoms with van der Waals surface area (Å²) in [6.07, 6.45) is 3.05. The van der Waals surface area contributed by atoms with Gasteiger partial charge in [-0.05, 0) is 25.3 Å². The van der Waals surface area contributed by atoms with E-state index in [1.807, 2.05) is 6.92 Å². The lowest BCUT2D eigenvalue weighted by atomic mass is 10.0. The summed E-state index contributed by atoms with van der Waals surface area (Å²) in [6, 6.07) is -0.292. The number of carbonyl (C=O) groups is 2. The zero-order valence-electron chi connectivity index (χ0n) is 11.2. The van der Waals surface area contributed by atoms with Gasteiger partial charge in [0.25, 0.3) is 0 Å². The van der Waals surface area contributed by atoms with Crippen LogP contribution in [0.4, 0.5) is 0 Å². The first kappa shape index (κ1) is 16.1. The molecule has 2 N–H and O–H groups in total. The molecule has 0 fully saturated rings. The molecule has 17 heavy (non-hydrogen) atoms. The smallest absolute Gasteiger partial charge is 0.303 e. The summed E-state index contributed by atoms with van der Waals surface area (Å²) in [5.74, 6) is -0.0996. The van der Waals surface area contributed by atoms with Gasteiger partial charge in [-0.25, -0.2) is 0 Å². The third-order valence-electron chi connectivity index (χ3n) is 3.11. The molecule has 0 amide bonds. The summed E-state index contributed by atoms with van der Waals surface area (Å²) in [5.41, 5.74) is 0. The zero-order chi connectivity index (χ0) is 13.3. The predicted octanol–water partition coefficient (Wildman–Crippen LogP) is 2.22. The topological polar surface area (TPSA) is 66.4 Å². The molecule has 0 spiro atoms. The molecule has 0 radical (unpaired) electrons. The van der Waals surface area contributed by atoms with Crippen molar-refractivity contribution in [1.82, 2.24) is 5.32 Å². The SMILES string of the molecule is CCC(=O)[C@H](CCC(=O)O)NCCC(C)CC. The van der Waals surface area contributed by atoms with Crippen LogP contribution in [0.15, 0.2) is 0 Å². The van der Waals surface area contributed by atoms with Crippen LogP contribution in [-0.4, -0.2) is 29.4 Å². The summed E-state index contributed by atoms with van der Waals surface area (Å²) < 4.78 is 0. The maximum absolute atomic E-state index is 11.6. The van der Waals surface area contributed by atoms with Crippen molar-refractivity contribution in [3.8, 4) is 0 Å². The fourth-order valence-corrected chi connectivity index (χ4v) is 1.60. The lowest BCUT2D eigenvalue weighted by Crippen LogP contribution is -2.37. The number of carboxylic acid groups (broad SMARTS) is 1. The van der Waals surface area contributed by atoms with Crippen LogP contribution in [0.2, 0.25) is 0 Å². The van der Waals surface area contributed by atoms with Crippen molar-refractivity contribution in [3.05, 3.63) is 0 Å². The summed E-state index contributed by atoms with van der Waals surface area (Å²) in [6.45, 7) is 6.91. The van der Waals surface area contributed by atoms with E-state index in [9.17, 15) is 9.59 Å². The quantitative estimate of drug-likeness (QED) is 0.617. The lowest BCUT2D eigenvalue weighted by molar-refractivity contribution is -0.137. The van der Waals surface area contributed by atoms with Gasteiger partial charge in [0.15, 0.2) is 0 Å². The number of ketones is 1. The van der Waals surface area contributed by atoms with Gasteiger partial charge in [0, 0.05) is 12.8 Å². The van der Waals surface area contributed by atoms with Crippen LogP contribution in [0.25, 0.3) is 0 Å². The number of rotatable bonds is 10. The molecule has 2 atom stereocenters. The van der Waals surface area contributed by atoms with E-state index < -0.39 is 5.97 Å². The van der Waals surface area contributed by atoms with Crippen molar-refractivity contribution in [1.29, 1.82) is 0 Å². The van der Waals surface area contributed by atoms with Gasteiger partial charge in [-0.15, -0.1) is 0 Å². The third kappa shape index (κ3) is 7.91. The van der Waals surface area contributed by atoms with Crippen molar-refractivity contribution in [3.63, 3.8) is 0 Å². The minimum absolute atomic E-state index is 0.0484. The van der Waals surface area contributed by atoms with Gasteiger partial charge in [-0.1, -0.05) is 27.2 Å². The number of hydrogen-bond donors (Lipinski definition) is 2. The van der Waals surface area contributed by atoms with E-state index in [4.69, 9.17) is 5.11 Å². The van der Waals surface area contributed by atoms with Crippen molar-refractivity contribution in [2.75, 3.05) is 6.54 Å². The monoisotopic (exact) mass is 243 g/mol. The summed E-state index contributed by atoms with van der Waals surface area (Å²) >= 11 is 0. The Kier molecular flexibility index (Phi) is 8.68. The highest BCUT2D eigenvalue weighted by molar-refractivity contribution is 5.84. The van der Waals surface area contributed by atoms with Gasteiger partial charge in [-0.2, -0.15) is 0 Å². The molecule has 0 aromatic carbocycles. The minimum atomic E-state index is -0.845. The lowest BCUT2D eigenvalue weighted by Gasteiger charge is -2.17. The maximum Gasteiger partial charge on any atom is 0.303 e. The second-order valence-corrected chi connectivity index (χ2v) is 4.56. The van der Waals surface area contributed by atoms with Gasteiger partial charge in [0.1, 0.15) is 5.78 Å². The Morgan fingerprint density at radius 2 is 1.88 bits per heavy atom. The molecule has 0 bridgehead atoms. The minimum Gasteiger partial charge on any atom is -0.481 e. The Bertz CT molecular complexity index is 241. The molecule has 0 aliphatic rings. The fourth-order valence-electron chi connectivity index (χ4n) is 1.60. The van der Waals surface area contributed by atoms with Gasteiger partial charge in [0.2, 0.25) is 0 Å². The number of Topliss-reactive ketones (excluding diaryl/α,β-unsaturated/α-hetero) is 1. The number of carbonyl (C=O) groups excluding carboxylic acids is 1. The Morgan fingerprint density at radius 1 is 1.24 bits per heavy atom. The van der Waals surface area contributed by atoms with Crippen LogP contribution in [0.1, 0.15) is 52.9 Å². The average molecular weight is 243 g/mol. The van der Waals surface area contributed by atoms with E-state index >= 15 is 0 Å². The molecule has 4 heteroatoms. The van der Waals surface area contributed by atoms with E-state index in [0.717, 1.165) is 19.4 Å². The highest BCUT2D eigenvalue weighted by atomic mass is 16.4. The normalized spacial score (nSPS) is 14.3. The summed E-state index contributed by atoms with van der Waals surface area (Å²) in [5, 5.41) is 11.8. The second kappa shape index (κ2) is 9.16. The van der Waals surface area contributed by atoms with Crippen LogP contribution < -0.4 is 5.32 Å². The van der Waals surface area contributed by atoms with Crippen LogP contribution in [-0.2, 0) is 9.59 Å². The molecular weight excluding hydrogens is 218 g/mol. The summed E-state index contributed by atoms with van der Waals surface area (Å²) in [7, 11) is 0. The van der Waals surface area contributed by atoms with Gasteiger partial charge < -0.3 is 10.4 Å². The van der Waals surface area contributed by atoms with Crippen LogP contribution in [0.5, 0.6) is 0 Å². The second-order valence-electron chi connectivity index (χ2n) is 4.56. The van der Waals surface area contributed by atoms with Gasteiger partial charge >= 0.3 is 5.97 Å². The van der Waals surface area contributed by atoms with Crippen molar-refractivity contribution in [2.45, 2.75) is 58.9 Å². The zero-order valence-corrected chi connectivity index (χ0v) is 11.2. The van der Waals surface area contributed by atoms with Crippen LogP contribution in [0.3, 0.4) is 0 Å². The highest BCUT2D eigenvalue weighted by Gasteiger charge is 2.17. The Morgan fingerprint density at radius 3 is 2.35 bits per heavy atom. The maximum atomic E-state index is 11.6. The standard InChI is InChI=1S/C13H25NO3/c1-4-10(3)8-9-14-11(12(15)5-2)6-7-13(16)17/h10-11,14H,4-9H2,1-3H3,(H,16,17)/t10?,11-/m0/s1. The third-order valence-corrected chi connectivity index (χ3v) is 3.11. The van der Waals surface area contributed by atoms with E-state index in [-0.39, 0.29) is 18.2 Å². The van der Waals surface area contributed by atoms with Gasteiger partial charge in [0.05, 0.1) is 6.04 Å². The van der Waals surface area contributed by atoms with E-state index in [1.165, 1.54) is 0 Å². The van der Waals surface area contributed by atoms with E-state index in [0.29, 0.717) is 18.8 Å². The first-order valence-corrected chi connectivity index (χ1v) is 6.49. The summed E-state index contributed by atoms with van der Waals surface area (Å²) in [4.78, 5) is 22.1. The first-order chi connectivity index (χ1) is 8.01. The molecule has 0 aromatic heterocycles. The average Bonchev–Trinajstić information content (AvgIpc) is 2.31. The predicted molar refractivity (Wildman–Crippen MR) is 68.0 cm³/mol. The van der Waals surface area contributed by atoms with E-state index in [1.54, 1.807) is 0 Å². The van der Waals surface area contributed by atoms with Crippen molar-refractivity contribution < 1.29 is 14.7 Å². The molecule has 0 rings (SSSR count). The van der Waals surface area contributed by atoms with Crippen molar-refractivity contribution >= 4 is 11.8 Å². The Hall–Kier alpha value is -0.900. The number of aliphatic carboxylic acids is 1. The number of carboxylic acids is 1. The molecule has 100 valence electrons. The molecule has 0 saturated heterocycles. The van der Waals surface area contributed by atoms with E-state index in [2.05, 4.69) is 19.2 Å². The molecule has 0 heterocycles. The molecule has 0 aliphatic carbocycles. The fraction of sp³-hybridized carbons (Fsp3) is 0.846. The van der Waals surface area contributed by atoms with Crippen molar-refractivity contribution in [2.24, 2.45) is 5.92 Å². The Labute approximate surface area is 104 Å². The largest absolute Gasteiger partial charge is 0.481 e. The molecule has 0 saturated carbocycles. The number of nitrogens with one attached hydrogen (secondary N) is 1. The molecule has 1 unspecified atom stereocenters. The molecule has 0 aromatic rings. The Balaban J connectivity index is 4.01. The van der Waals surface area contributed by atoms with Gasteiger partial charge in [-0.3, -0.25) is 9.59 Å². The molecule has 0 aliphatic heterocycles. The highest BCUT2D eigenvalue weighted by Crippen LogP contribution is 2.07. The first-order valence-electron chi connectivity index (χ1n) is 6.49. The number of hydrogen-bond acceptors (Lipinski definition) is 3. The molecular formula is C13H25NO3. The molecule has 4 nitrogen and oxygen atoms in total. The van der Waals surface area contributed by atoms with Crippen LogP contribution in [0, 0.1) is 5.92 Å². The van der Waals surface area contributed by atoms with Crippen LogP contribution >= 0.6 is 0 Å².